The fraction of sp³-hybridized carbons (Fsp3) is 0.440. The third kappa shape index (κ3) is 6.60. The van der Waals surface area contributed by atoms with Gasteiger partial charge in [0.25, 0.3) is 5.91 Å². The molecule has 0 aliphatic carbocycles. The fourth-order valence-corrected chi connectivity index (χ4v) is 4.86. The molecule has 1 aromatic carbocycles. The van der Waals surface area contributed by atoms with E-state index in [1.165, 1.54) is 11.3 Å². The summed E-state index contributed by atoms with van der Waals surface area (Å²) in [6.07, 6.45) is 4.19. The molecule has 35 heavy (non-hydrogen) atoms. The molecule has 4 rings (SSSR count). The number of nitrogens with one attached hydrogen (secondary N) is 2. The molecule has 0 unspecified atom stereocenters. The molecule has 2 fully saturated rings. The second kappa shape index (κ2) is 11.8. The summed E-state index contributed by atoms with van der Waals surface area (Å²) in [5.41, 5.74) is 1.21. The molecule has 2 aliphatic rings. The second-order valence-electron chi connectivity index (χ2n) is 8.66. The second-order valence-corrected chi connectivity index (χ2v) is 9.44. The summed E-state index contributed by atoms with van der Waals surface area (Å²) >= 11 is 1.43. The van der Waals surface area contributed by atoms with Crippen LogP contribution in [0.4, 0.5) is 5.69 Å². The Bertz CT molecular complexity index is 1050. The topological polar surface area (TPSA) is 103 Å². The van der Waals surface area contributed by atoms with Gasteiger partial charge in [0.15, 0.2) is 0 Å². The smallest absolute Gasteiger partial charge is 0.258 e. The van der Waals surface area contributed by atoms with Gasteiger partial charge in [0.2, 0.25) is 17.8 Å². The molecule has 1 atom stereocenters. The van der Waals surface area contributed by atoms with Crippen molar-refractivity contribution in [3.8, 4) is 5.75 Å². The fourth-order valence-electron chi connectivity index (χ4n) is 4.23. The summed E-state index contributed by atoms with van der Waals surface area (Å²) in [5, 5.41) is 9.53. The van der Waals surface area contributed by atoms with Crippen LogP contribution in [-0.2, 0) is 9.59 Å². The van der Waals surface area contributed by atoms with Crippen LogP contribution in [-0.4, -0.2) is 72.8 Å². The maximum atomic E-state index is 13.4. The average Bonchev–Trinajstić information content (AvgIpc) is 3.57. The zero-order valence-electron chi connectivity index (χ0n) is 19.9. The maximum absolute atomic E-state index is 13.4. The number of aliphatic imine (C=N–C) groups is 1. The Morgan fingerprint density at radius 1 is 1.09 bits per heavy atom. The van der Waals surface area contributed by atoms with E-state index in [0.29, 0.717) is 30.0 Å². The molecule has 3 heterocycles. The molecule has 0 spiro atoms. The Morgan fingerprint density at radius 3 is 2.51 bits per heavy atom. The van der Waals surface area contributed by atoms with Crippen LogP contribution < -0.4 is 15.4 Å². The van der Waals surface area contributed by atoms with Gasteiger partial charge in [0.05, 0.1) is 19.2 Å². The number of benzene rings is 1. The molecular weight excluding hydrogens is 466 g/mol. The van der Waals surface area contributed by atoms with Gasteiger partial charge in [0.1, 0.15) is 11.8 Å². The van der Waals surface area contributed by atoms with Crippen LogP contribution in [0.1, 0.15) is 42.5 Å². The predicted molar refractivity (Wildman–Crippen MR) is 136 cm³/mol. The Hall–Kier alpha value is -3.40. The number of anilines is 1. The van der Waals surface area contributed by atoms with Crippen molar-refractivity contribution < 1.29 is 19.1 Å². The lowest BCUT2D eigenvalue weighted by molar-refractivity contribution is -0.140. The summed E-state index contributed by atoms with van der Waals surface area (Å²) in [7, 11) is 1.59. The Morgan fingerprint density at radius 2 is 1.83 bits per heavy atom. The van der Waals surface area contributed by atoms with Crippen molar-refractivity contribution in [1.29, 1.82) is 0 Å². The van der Waals surface area contributed by atoms with Crippen molar-refractivity contribution in [2.24, 2.45) is 4.99 Å². The van der Waals surface area contributed by atoms with Gasteiger partial charge in [-0.3, -0.25) is 19.7 Å². The first-order valence-corrected chi connectivity index (χ1v) is 12.9. The summed E-state index contributed by atoms with van der Waals surface area (Å²) < 4.78 is 5.21. The Labute approximate surface area is 209 Å². The molecule has 0 bridgehead atoms. The SMILES string of the molecule is COc1ccc(NC(=N[C@H]2CCCCN(CC(=O)N3CCCC3)C2=O)NC(=O)c2ccsc2)cc1. The van der Waals surface area contributed by atoms with Crippen LogP contribution >= 0.6 is 11.3 Å². The van der Waals surface area contributed by atoms with Crippen molar-refractivity contribution in [3.63, 3.8) is 0 Å². The highest BCUT2D eigenvalue weighted by Gasteiger charge is 2.30. The molecule has 10 heteroatoms. The molecule has 3 amide bonds. The third-order valence-electron chi connectivity index (χ3n) is 6.19. The van der Waals surface area contributed by atoms with Gasteiger partial charge >= 0.3 is 0 Å². The summed E-state index contributed by atoms with van der Waals surface area (Å²) in [4.78, 5) is 46.9. The first-order chi connectivity index (χ1) is 17.0. The molecule has 2 N–H and O–H groups in total. The van der Waals surface area contributed by atoms with Crippen molar-refractivity contribution in [2.45, 2.75) is 38.1 Å². The number of nitrogens with zero attached hydrogens (tertiary/aromatic N) is 3. The predicted octanol–water partition coefficient (Wildman–Crippen LogP) is 2.96. The molecular formula is C25H31N5O4S. The van der Waals surface area contributed by atoms with Gasteiger partial charge < -0.3 is 19.9 Å². The summed E-state index contributed by atoms with van der Waals surface area (Å²) in [5.74, 6) is 0.385. The van der Waals surface area contributed by atoms with Gasteiger partial charge in [-0.1, -0.05) is 0 Å². The molecule has 0 saturated carbocycles. The van der Waals surface area contributed by atoms with Crippen LogP contribution in [0, 0.1) is 0 Å². The van der Waals surface area contributed by atoms with E-state index in [2.05, 4.69) is 15.6 Å². The minimum Gasteiger partial charge on any atom is -0.497 e. The largest absolute Gasteiger partial charge is 0.497 e. The molecule has 9 nitrogen and oxygen atoms in total. The van der Waals surface area contributed by atoms with Gasteiger partial charge in [0, 0.05) is 30.7 Å². The maximum Gasteiger partial charge on any atom is 0.258 e. The van der Waals surface area contributed by atoms with E-state index in [4.69, 9.17) is 4.74 Å². The number of methoxy groups -OCH3 is 1. The number of carbonyl (C=O) groups excluding carboxylic acids is 3. The highest BCUT2D eigenvalue weighted by Crippen LogP contribution is 2.18. The van der Waals surface area contributed by atoms with Crippen LogP contribution in [0.25, 0.3) is 0 Å². The third-order valence-corrected chi connectivity index (χ3v) is 6.87. The van der Waals surface area contributed by atoms with E-state index < -0.39 is 6.04 Å². The van der Waals surface area contributed by atoms with Crippen molar-refractivity contribution >= 4 is 40.7 Å². The Balaban J connectivity index is 1.53. The lowest BCUT2D eigenvalue weighted by atomic mass is 10.1. The highest BCUT2D eigenvalue weighted by molar-refractivity contribution is 7.08. The first-order valence-electron chi connectivity index (χ1n) is 11.9. The van der Waals surface area contributed by atoms with Crippen LogP contribution in [0.5, 0.6) is 5.75 Å². The van der Waals surface area contributed by atoms with E-state index in [1.54, 1.807) is 47.7 Å². The number of carbonyl (C=O) groups is 3. The van der Waals surface area contributed by atoms with E-state index in [0.717, 1.165) is 38.8 Å². The van der Waals surface area contributed by atoms with E-state index in [-0.39, 0.29) is 30.2 Å². The van der Waals surface area contributed by atoms with Crippen molar-refractivity contribution in [1.82, 2.24) is 15.1 Å². The van der Waals surface area contributed by atoms with E-state index >= 15 is 0 Å². The number of amides is 3. The molecule has 186 valence electrons. The standard InChI is InChI=1S/C25H31N5O4S/c1-34-20-9-7-19(8-10-20)26-25(28-23(32)18-11-15-35-17-18)27-21-6-2-3-14-30(24(21)33)16-22(31)29-12-4-5-13-29/h7-11,15,17,21H,2-6,12-14,16H2,1H3,(H2,26,27,28,32)/t21-/m0/s1. The Kier molecular flexibility index (Phi) is 8.36. The van der Waals surface area contributed by atoms with Gasteiger partial charge in [-0.2, -0.15) is 11.3 Å². The number of thiophene rings is 1. The quantitative estimate of drug-likeness (QED) is 0.472. The van der Waals surface area contributed by atoms with Crippen molar-refractivity contribution in [3.05, 3.63) is 46.7 Å². The molecule has 0 radical (unpaired) electrons. The lowest BCUT2D eigenvalue weighted by Gasteiger charge is -2.25. The number of hydrogen-bond acceptors (Lipinski definition) is 6. The van der Waals surface area contributed by atoms with Crippen LogP contribution in [0.15, 0.2) is 46.1 Å². The molecule has 1 aromatic heterocycles. The number of rotatable bonds is 6. The highest BCUT2D eigenvalue weighted by atomic mass is 32.1. The van der Waals surface area contributed by atoms with Gasteiger partial charge in [-0.15, -0.1) is 0 Å². The number of likely N-dealkylation sites (tertiary alicyclic amines) is 2. The van der Waals surface area contributed by atoms with Gasteiger partial charge in [-0.05, 0) is 67.8 Å². The first kappa shape index (κ1) is 24.7. The number of guanidine groups is 1. The minimum atomic E-state index is -0.688. The lowest BCUT2D eigenvalue weighted by Crippen LogP contribution is -2.45. The van der Waals surface area contributed by atoms with Crippen LogP contribution in [0.2, 0.25) is 0 Å². The summed E-state index contributed by atoms with van der Waals surface area (Å²) in [6.45, 7) is 2.13. The zero-order valence-corrected chi connectivity index (χ0v) is 20.7. The minimum absolute atomic E-state index is 0.0113. The molecule has 2 aliphatic heterocycles. The molecule has 2 saturated heterocycles. The van der Waals surface area contributed by atoms with Crippen molar-refractivity contribution in [2.75, 3.05) is 38.6 Å². The zero-order chi connectivity index (χ0) is 24.6. The monoisotopic (exact) mass is 497 g/mol. The van der Waals surface area contributed by atoms with Crippen LogP contribution in [0.3, 0.4) is 0 Å². The molecule has 2 aromatic rings. The number of hydrogen-bond donors (Lipinski definition) is 2. The van der Waals surface area contributed by atoms with E-state index in [1.807, 2.05) is 10.3 Å². The van der Waals surface area contributed by atoms with Gasteiger partial charge in [-0.25, -0.2) is 4.99 Å². The average molecular weight is 498 g/mol. The van der Waals surface area contributed by atoms with E-state index in [9.17, 15) is 14.4 Å². The normalized spacial score (nSPS) is 18.8. The summed E-state index contributed by atoms with van der Waals surface area (Å²) in [6, 6.07) is 8.24. The number of ether oxygens (including phenoxy) is 1.